The maximum absolute atomic E-state index is 10.7. The van der Waals surface area contributed by atoms with Gasteiger partial charge < -0.3 is 5.73 Å². The van der Waals surface area contributed by atoms with Crippen LogP contribution < -0.4 is 5.73 Å². The van der Waals surface area contributed by atoms with Gasteiger partial charge in [0.15, 0.2) is 0 Å². The summed E-state index contributed by atoms with van der Waals surface area (Å²) in [5.41, 5.74) is 7.24. The lowest BCUT2D eigenvalue weighted by Crippen LogP contribution is -2.31. The molecule has 1 aliphatic rings. The number of hydrogen-bond acceptors (Lipinski definition) is 3. The molecule has 0 spiro atoms. The zero-order valence-electron chi connectivity index (χ0n) is 9.13. The molecule has 0 aromatic heterocycles. The van der Waals surface area contributed by atoms with E-state index < -0.39 is 0 Å². The molecule has 2 N–H and O–H groups in total. The number of nitrogens with two attached hydrogens (primary N) is 1. The summed E-state index contributed by atoms with van der Waals surface area (Å²) < 4.78 is 0. The molecule has 1 aliphatic carbocycles. The Labute approximate surface area is 94.6 Å². The monoisotopic (exact) mass is 220 g/mol. The van der Waals surface area contributed by atoms with Gasteiger partial charge in [0.2, 0.25) is 0 Å². The Morgan fingerprint density at radius 2 is 2.06 bits per heavy atom. The number of rotatable bonds is 2. The van der Waals surface area contributed by atoms with Crippen molar-refractivity contribution in [1.82, 2.24) is 0 Å². The number of nitro benzene ring substituents is 1. The highest BCUT2D eigenvalue weighted by molar-refractivity contribution is 5.36. The number of nitrogens with zero attached hydrogens (tertiary/aromatic N) is 1. The number of nitro groups is 1. The summed E-state index contributed by atoms with van der Waals surface area (Å²) in [7, 11) is 0. The SMILES string of the molecule is NC1CCCCC1c1cccc([N+](=O)[O-])c1. The minimum atomic E-state index is -0.349. The Morgan fingerprint density at radius 3 is 2.75 bits per heavy atom. The molecule has 4 heteroatoms. The average molecular weight is 220 g/mol. The third-order valence-electron chi connectivity index (χ3n) is 3.33. The molecule has 0 heterocycles. The van der Waals surface area contributed by atoms with Crippen LogP contribution >= 0.6 is 0 Å². The van der Waals surface area contributed by atoms with Crippen molar-refractivity contribution in [2.75, 3.05) is 0 Å². The Kier molecular flexibility index (Phi) is 3.19. The Bertz CT molecular complexity index is 392. The maximum atomic E-state index is 10.7. The molecule has 0 bridgehead atoms. The van der Waals surface area contributed by atoms with Gasteiger partial charge in [0.1, 0.15) is 0 Å². The molecule has 2 atom stereocenters. The zero-order valence-corrected chi connectivity index (χ0v) is 9.13. The molecule has 1 fully saturated rings. The maximum Gasteiger partial charge on any atom is 0.269 e. The second kappa shape index (κ2) is 4.61. The van der Waals surface area contributed by atoms with Gasteiger partial charge in [-0.05, 0) is 24.3 Å². The van der Waals surface area contributed by atoms with Crippen molar-refractivity contribution in [3.63, 3.8) is 0 Å². The molecule has 16 heavy (non-hydrogen) atoms. The van der Waals surface area contributed by atoms with Gasteiger partial charge in [-0.1, -0.05) is 25.0 Å². The summed E-state index contributed by atoms with van der Waals surface area (Å²) in [5.74, 6) is 0.286. The molecule has 0 radical (unpaired) electrons. The molecule has 0 saturated heterocycles. The molecule has 0 aliphatic heterocycles. The third kappa shape index (κ3) is 2.22. The molecular formula is C12H16N2O2. The Balaban J connectivity index is 2.25. The molecule has 4 nitrogen and oxygen atoms in total. The molecule has 1 aromatic carbocycles. The van der Waals surface area contributed by atoms with Gasteiger partial charge in [0.25, 0.3) is 5.69 Å². The minimum absolute atomic E-state index is 0.149. The lowest BCUT2D eigenvalue weighted by Gasteiger charge is -2.28. The predicted molar refractivity (Wildman–Crippen MR) is 62.3 cm³/mol. The van der Waals surface area contributed by atoms with E-state index in [2.05, 4.69) is 0 Å². The topological polar surface area (TPSA) is 69.2 Å². The second-order valence-electron chi connectivity index (χ2n) is 4.41. The molecule has 1 aromatic rings. The molecular weight excluding hydrogens is 204 g/mol. The highest BCUT2D eigenvalue weighted by atomic mass is 16.6. The van der Waals surface area contributed by atoms with E-state index in [1.165, 1.54) is 18.9 Å². The Hall–Kier alpha value is -1.42. The summed E-state index contributed by atoms with van der Waals surface area (Å²) in [4.78, 5) is 10.3. The second-order valence-corrected chi connectivity index (χ2v) is 4.41. The Morgan fingerprint density at radius 1 is 1.31 bits per heavy atom. The van der Waals surface area contributed by atoms with Gasteiger partial charge in [0.05, 0.1) is 4.92 Å². The fourth-order valence-corrected chi connectivity index (χ4v) is 2.44. The van der Waals surface area contributed by atoms with Crippen LogP contribution in [0.4, 0.5) is 5.69 Å². The van der Waals surface area contributed by atoms with Crippen molar-refractivity contribution in [3.8, 4) is 0 Å². The molecule has 86 valence electrons. The normalized spacial score (nSPS) is 25.3. The highest BCUT2D eigenvalue weighted by Crippen LogP contribution is 2.33. The van der Waals surface area contributed by atoms with E-state index in [0.717, 1.165) is 18.4 Å². The molecule has 1 saturated carbocycles. The lowest BCUT2D eigenvalue weighted by atomic mass is 9.80. The summed E-state index contributed by atoms with van der Waals surface area (Å²) in [5, 5.41) is 10.7. The van der Waals surface area contributed by atoms with Crippen LogP contribution in [-0.4, -0.2) is 11.0 Å². The standard InChI is InChI=1S/C12H16N2O2/c13-12-7-2-1-6-11(12)9-4-3-5-10(8-9)14(15)16/h3-5,8,11-12H,1-2,6-7,13H2. The summed E-state index contributed by atoms with van der Waals surface area (Å²) in [6.07, 6.45) is 4.41. The van der Waals surface area contributed by atoms with Gasteiger partial charge in [-0.25, -0.2) is 0 Å². The quantitative estimate of drug-likeness (QED) is 0.615. The molecule has 2 unspecified atom stereocenters. The summed E-state index contributed by atoms with van der Waals surface area (Å²) in [6.45, 7) is 0. The smallest absolute Gasteiger partial charge is 0.269 e. The van der Waals surface area contributed by atoms with E-state index in [4.69, 9.17) is 5.73 Å². The summed E-state index contributed by atoms with van der Waals surface area (Å²) >= 11 is 0. The van der Waals surface area contributed by atoms with Crippen molar-refractivity contribution >= 4 is 5.69 Å². The van der Waals surface area contributed by atoms with Crippen LogP contribution in [0.2, 0.25) is 0 Å². The fraction of sp³-hybridized carbons (Fsp3) is 0.500. The molecule has 2 rings (SSSR count). The first-order valence-electron chi connectivity index (χ1n) is 5.68. The first-order chi connectivity index (χ1) is 7.68. The number of non-ortho nitro benzene ring substituents is 1. The van der Waals surface area contributed by atoms with E-state index in [9.17, 15) is 10.1 Å². The van der Waals surface area contributed by atoms with E-state index in [1.807, 2.05) is 6.07 Å². The van der Waals surface area contributed by atoms with E-state index in [-0.39, 0.29) is 22.6 Å². The van der Waals surface area contributed by atoms with Crippen molar-refractivity contribution < 1.29 is 4.92 Å². The lowest BCUT2D eigenvalue weighted by molar-refractivity contribution is -0.384. The van der Waals surface area contributed by atoms with Gasteiger partial charge in [0, 0.05) is 18.2 Å². The number of benzene rings is 1. The predicted octanol–water partition coefficient (Wildman–Crippen LogP) is 2.58. The van der Waals surface area contributed by atoms with Crippen molar-refractivity contribution in [1.29, 1.82) is 0 Å². The largest absolute Gasteiger partial charge is 0.327 e. The van der Waals surface area contributed by atoms with Crippen LogP contribution in [0.15, 0.2) is 24.3 Å². The van der Waals surface area contributed by atoms with Crippen LogP contribution in [-0.2, 0) is 0 Å². The van der Waals surface area contributed by atoms with Crippen LogP contribution in [0.1, 0.15) is 37.2 Å². The van der Waals surface area contributed by atoms with Gasteiger partial charge in [-0.15, -0.1) is 0 Å². The van der Waals surface area contributed by atoms with Crippen molar-refractivity contribution in [3.05, 3.63) is 39.9 Å². The van der Waals surface area contributed by atoms with E-state index in [1.54, 1.807) is 12.1 Å². The van der Waals surface area contributed by atoms with E-state index in [0.29, 0.717) is 0 Å². The fourth-order valence-electron chi connectivity index (χ4n) is 2.44. The van der Waals surface area contributed by atoms with Crippen LogP contribution in [0, 0.1) is 10.1 Å². The van der Waals surface area contributed by atoms with Gasteiger partial charge >= 0.3 is 0 Å². The average Bonchev–Trinajstić information content (AvgIpc) is 2.30. The number of hydrogen-bond donors (Lipinski definition) is 1. The van der Waals surface area contributed by atoms with Crippen molar-refractivity contribution in [2.24, 2.45) is 5.73 Å². The van der Waals surface area contributed by atoms with E-state index >= 15 is 0 Å². The zero-order chi connectivity index (χ0) is 11.5. The van der Waals surface area contributed by atoms with Crippen LogP contribution in [0.3, 0.4) is 0 Å². The first-order valence-corrected chi connectivity index (χ1v) is 5.68. The van der Waals surface area contributed by atoms with Crippen molar-refractivity contribution in [2.45, 2.75) is 37.6 Å². The van der Waals surface area contributed by atoms with Crippen LogP contribution in [0.25, 0.3) is 0 Å². The van der Waals surface area contributed by atoms with Gasteiger partial charge in [-0.2, -0.15) is 0 Å². The first kappa shape index (κ1) is 11.1. The molecule has 0 amide bonds. The van der Waals surface area contributed by atoms with Crippen LogP contribution in [0.5, 0.6) is 0 Å². The minimum Gasteiger partial charge on any atom is -0.327 e. The summed E-state index contributed by atoms with van der Waals surface area (Å²) in [6, 6.07) is 7.03. The third-order valence-corrected chi connectivity index (χ3v) is 3.33. The van der Waals surface area contributed by atoms with Gasteiger partial charge in [-0.3, -0.25) is 10.1 Å². The highest BCUT2D eigenvalue weighted by Gasteiger charge is 2.24.